The molecule has 1 N–H and O–H groups in total. The number of hydrogen-bond donors (Lipinski definition) is 1. The number of nitrogens with one attached hydrogen (secondary N) is 1. The third-order valence-corrected chi connectivity index (χ3v) is 2.55. The van der Waals surface area contributed by atoms with E-state index in [-0.39, 0.29) is 6.61 Å². The van der Waals surface area contributed by atoms with Gasteiger partial charge in [-0.3, -0.25) is 4.98 Å². The summed E-state index contributed by atoms with van der Waals surface area (Å²) in [6.45, 7) is 0.201. The summed E-state index contributed by atoms with van der Waals surface area (Å²) in [7, 11) is 0. The molecule has 3 rings (SSSR count). The van der Waals surface area contributed by atoms with Gasteiger partial charge in [0, 0.05) is 30.1 Å². The molecule has 5 heteroatoms. The molecular weight excluding hydrogens is 232 g/mol. The molecule has 0 aliphatic carbocycles. The normalized spacial score (nSPS) is 10.7. The van der Waals surface area contributed by atoms with Gasteiger partial charge in [-0.15, -0.1) is 0 Å². The molecule has 3 aromatic rings. The van der Waals surface area contributed by atoms with Gasteiger partial charge in [-0.2, -0.15) is 0 Å². The molecule has 0 aliphatic heterocycles. The number of H-pyrrole nitrogens is 1. The summed E-state index contributed by atoms with van der Waals surface area (Å²) in [4.78, 5) is 18.6. The first kappa shape index (κ1) is 10.6. The van der Waals surface area contributed by atoms with Crippen molar-refractivity contribution in [2.45, 2.75) is 6.61 Å². The van der Waals surface area contributed by atoms with Gasteiger partial charge in [0.1, 0.15) is 12.3 Å². The molecule has 0 spiro atoms. The Morgan fingerprint density at radius 2 is 2.39 bits per heavy atom. The molecular formula is C13H10N2O3. The summed E-state index contributed by atoms with van der Waals surface area (Å²) >= 11 is 0. The average Bonchev–Trinajstić information content (AvgIpc) is 2.98. The lowest BCUT2D eigenvalue weighted by Gasteiger charge is -2.02. The van der Waals surface area contributed by atoms with Crippen LogP contribution in [0.15, 0.2) is 47.3 Å². The molecule has 0 bridgehead atoms. The monoisotopic (exact) mass is 242 g/mol. The number of aromatic amines is 1. The SMILES string of the molecule is O=C(OCc1cccnc1)c1cc2occc2[nH]1. The lowest BCUT2D eigenvalue weighted by atomic mass is 10.3. The van der Waals surface area contributed by atoms with Crippen LogP contribution >= 0.6 is 0 Å². The first-order valence-corrected chi connectivity index (χ1v) is 5.45. The van der Waals surface area contributed by atoms with Gasteiger partial charge in [0.15, 0.2) is 5.58 Å². The van der Waals surface area contributed by atoms with E-state index in [0.717, 1.165) is 11.1 Å². The quantitative estimate of drug-likeness (QED) is 0.716. The van der Waals surface area contributed by atoms with Crippen LogP contribution in [0.4, 0.5) is 0 Å². The topological polar surface area (TPSA) is 68.1 Å². The Bertz CT molecular complexity index is 641. The van der Waals surface area contributed by atoms with E-state index in [9.17, 15) is 4.79 Å². The van der Waals surface area contributed by atoms with Gasteiger partial charge in [-0.05, 0) is 6.07 Å². The highest BCUT2D eigenvalue weighted by molar-refractivity contribution is 5.93. The maximum atomic E-state index is 11.8. The van der Waals surface area contributed by atoms with Crippen molar-refractivity contribution >= 4 is 17.1 Å². The van der Waals surface area contributed by atoms with Gasteiger partial charge in [0.2, 0.25) is 0 Å². The predicted octanol–water partition coefficient (Wildman–Crippen LogP) is 2.51. The number of esters is 1. The molecule has 0 fully saturated rings. The number of carbonyl (C=O) groups excluding carboxylic acids is 1. The van der Waals surface area contributed by atoms with Crippen LogP contribution in [0.5, 0.6) is 0 Å². The number of aromatic nitrogens is 2. The first-order valence-electron chi connectivity index (χ1n) is 5.45. The standard InChI is InChI=1S/C13H10N2O3/c16-13(18-8-9-2-1-4-14-7-9)11-6-12-10(15-11)3-5-17-12/h1-7,15H,8H2. The van der Waals surface area contributed by atoms with Crippen LogP contribution in [0.25, 0.3) is 11.1 Å². The summed E-state index contributed by atoms with van der Waals surface area (Å²) in [6, 6.07) is 7.03. The molecule has 0 radical (unpaired) electrons. The second-order valence-electron chi connectivity index (χ2n) is 3.82. The molecule has 0 aromatic carbocycles. The fraction of sp³-hybridized carbons (Fsp3) is 0.0769. The van der Waals surface area contributed by atoms with Crippen molar-refractivity contribution in [1.29, 1.82) is 0 Å². The van der Waals surface area contributed by atoms with Gasteiger partial charge in [-0.1, -0.05) is 6.07 Å². The van der Waals surface area contributed by atoms with E-state index >= 15 is 0 Å². The molecule has 0 aliphatic rings. The van der Waals surface area contributed by atoms with Crippen molar-refractivity contribution in [2.75, 3.05) is 0 Å². The Morgan fingerprint density at radius 3 is 3.17 bits per heavy atom. The van der Waals surface area contributed by atoms with Crippen molar-refractivity contribution in [1.82, 2.24) is 9.97 Å². The van der Waals surface area contributed by atoms with Gasteiger partial charge < -0.3 is 14.1 Å². The van der Waals surface area contributed by atoms with E-state index in [1.807, 2.05) is 6.07 Å². The van der Waals surface area contributed by atoms with Crippen molar-refractivity contribution in [2.24, 2.45) is 0 Å². The van der Waals surface area contributed by atoms with Crippen LogP contribution in [-0.2, 0) is 11.3 Å². The molecule has 0 atom stereocenters. The zero-order chi connectivity index (χ0) is 12.4. The number of hydrogen-bond acceptors (Lipinski definition) is 4. The number of rotatable bonds is 3. The van der Waals surface area contributed by atoms with E-state index in [1.165, 1.54) is 0 Å². The molecule has 3 aromatic heterocycles. The highest BCUT2D eigenvalue weighted by Gasteiger charge is 2.12. The van der Waals surface area contributed by atoms with E-state index in [0.29, 0.717) is 11.3 Å². The third kappa shape index (κ3) is 1.98. The van der Waals surface area contributed by atoms with Crippen molar-refractivity contribution < 1.29 is 13.9 Å². The Morgan fingerprint density at radius 1 is 1.44 bits per heavy atom. The molecule has 0 amide bonds. The summed E-state index contributed by atoms with van der Waals surface area (Å²) in [5.41, 5.74) is 2.65. The lowest BCUT2D eigenvalue weighted by molar-refractivity contribution is 0.0466. The largest absolute Gasteiger partial charge is 0.463 e. The minimum atomic E-state index is -0.412. The minimum absolute atomic E-state index is 0.201. The number of pyridine rings is 1. The van der Waals surface area contributed by atoms with Crippen LogP contribution in [0.2, 0.25) is 0 Å². The fourth-order valence-electron chi connectivity index (χ4n) is 1.67. The summed E-state index contributed by atoms with van der Waals surface area (Å²) in [5, 5.41) is 0. The summed E-state index contributed by atoms with van der Waals surface area (Å²) in [5.74, 6) is -0.412. The Labute approximate surface area is 102 Å². The van der Waals surface area contributed by atoms with Crippen LogP contribution in [0.1, 0.15) is 16.1 Å². The Balaban J connectivity index is 1.70. The first-order chi connectivity index (χ1) is 8.83. The van der Waals surface area contributed by atoms with Crippen molar-refractivity contribution in [3.63, 3.8) is 0 Å². The Kier molecular flexibility index (Phi) is 2.57. The molecule has 3 heterocycles. The lowest BCUT2D eigenvalue weighted by Crippen LogP contribution is -2.05. The number of fused-ring (bicyclic) bond motifs is 1. The highest BCUT2D eigenvalue weighted by Crippen LogP contribution is 2.16. The van der Waals surface area contributed by atoms with Gasteiger partial charge >= 0.3 is 5.97 Å². The van der Waals surface area contributed by atoms with Crippen LogP contribution in [-0.4, -0.2) is 15.9 Å². The van der Waals surface area contributed by atoms with Crippen LogP contribution < -0.4 is 0 Å². The molecule has 0 saturated heterocycles. The van der Waals surface area contributed by atoms with Gasteiger partial charge in [0.25, 0.3) is 0 Å². The molecule has 18 heavy (non-hydrogen) atoms. The molecule has 90 valence electrons. The maximum Gasteiger partial charge on any atom is 0.355 e. The Hall–Kier alpha value is -2.56. The smallest absolute Gasteiger partial charge is 0.355 e. The van der Waals surface area contributed by atoms with Crippen LogP contribution in [0.3, 0.4) is 0 Å². The fourth-order valence-corrected chi connectivity index (χ4v) is 1.67. The summed E-state index contributed by atoms with van der Waals surface area (Å²) < 4.78 is 10.3. The van der Waals surface area contributed by atoms with Gasteiger partial charge in [0.05, 0.1) is 11.8 Å². The van der Waals surface area contributed by atoms with Gasteiger partial charge in [-0.25, -0.2) is 4.79 Å². The number of ether oxygens (including phenoxy) is 1. The highest BCUT2D eigenvalue weighted by atomic mass is 16.5. The zero-order valence-corrected chi connectivity index (χ0v) is 9.42. The van der Waals surface area contributed by atoms with E-state index in [2.05, 4.69) is 9.97 Å². The zero-order valence-electron chi connectivity index (χ0n) is 9.42. The average molecular weight is 242 g/mol. The number of carbonyl (C=O) groups is 1. The second-order valence-corrected chi connectivity index (χ2v) is 3.82. The third-order valence-electron chi connectivity index (χ3n) is 2.55. The molecule has 5 nitrogen and oxygen atoms in total. The van der Waals surface area contributed by atoms with E-state index in [4.69, 9.17) is 9.15 Å². The van der Waals surface area contributed by atoms with Crippen molar-refractivity contribution in [3.05, 3.63) is 54.2 Å². The van der Waals surface area contributed by atoms with E-state index < -0.39 is 5.97 Å². The molecule has 0 unspecified atom stereocenters. The number of furan rings is 1. The summed E-state index contributed by atoms with van der Waals surface area (Å²) in [6.07, 6.45) is 4.89. The van der Waals surface area contributed by atoms with E-state index in [1.54, 1.807) is 36.9 Å². The maximum absolute atomic E-state index is 11.8. The minimum Gasteiger partial charge on any atom is -0.463 e. The van der Waals surface area contributed by atoms with Crippen molar-refractivity contribution in [3.8, 4) is 0 Å². The number of nitrogens with zero attached hydrogens (tertiary/aromatic N) is 1. The predicted molar refractivity (Wildman–Crippen MR) is 63.9 cm³/mol. The molecule has 0 saturated carbocycles. The second kappa shape index (κ2) is 4.37. The van der Waals surface area contributed by atoms with Crippen LogP contribution in [0, 0.1) is 0 Å².